The SMILES string of the molecule is Cc1cc(C=O)c(C(C)(C)C)nc1C(C)(C)C. The second-order valence-electron chi connectivity index (χ2n) is 6.71. The van der Waals surface area contributed by atoms with Crippen molar-refractivity contribution in [2.75, 3.05) is 0 Å². The van der Waals surface area contributed by atoms with Crippen molar-refractivity contribution in [3.05, 3.63) is 28.6 Å². The van der Waals surface area contributed by atoms with Gasteiger partial charge in [-0.2, -0.15) is 0 Å². The van der Waals surface area contributed by atoms with Crippen LogP contribution < -0.4 is 0 Å². The van der Waals surface area contributed by atoms with Crippen LogP contribution in [-0.4, -0.2) is 11.3 Å². The Bertz CT molecular complexity index is 433. The van der Waals surface area contributed by atoms with E-state index >= 15 is 0 Å². The number of hydrogen-bond donors (Lipinski definition) is 0. The van der Waals surface area contributed by atoms with Crippen LogP contribution in [0.5, 0.6) is 0 Å². The summed E-state index contributed by atoms with van der Waals surface area (Å²) < 4.78 is 0. The molecular weight excluding hydrogens is 210 g/mol. The lowest BCUT2D eigenvalue weighted by Gasteiger charge is -2.26. The zero-order valence-electron chi connectivity index (χ0n) is 12.0. The van der Waals surface area contributed by atoms with Crippen molar-refractivity contribution in [1.29, 1.82) is 0 Å². The number of carbonyl (C=O) groups is 1. The summed E-state index contributed by atoms with van der Waals surface area (Å²) in [6.45, 7) is 14.7. The second kappa shape index (κ2) is 4.25. The number of carbonyl (C=O) groups excluding carboxylic acids is 1. The van der Waals surface area contributed by atoms with Crippen molar-refractivity contribution in [2.24, 2.45) is 0 Å². The maximum Gasteiger partial charge on any atom is 0.151 e. The number of aldehydes is 1. The molecule has 17 heavy (non-hydrogen) atoms. The number of aryl methyl sites for hydroxylation is 1. The normalized spacial score (nSPS) is 12.6. The Morgan fingerprint density at radius 1 is 1.00 bits per heavy atom. The van der Waals surface area contributed by atoms with Gasteiger partial charge in [-0.15, -0.1) is 0 Å². The van der Waals surface area contributed by atoms with Gasteiger partial charge in [0, 0.05) is 22.1 Å². The lowest BCUT2D eigenvalue weighted by Crippen LogP contribution is -2.23. The van der Waals surface area contributed by atoms with Gasteiger partial charge >= 0.3 is 0 Å². The van der Waals surface area contributed by atoms with Gasteiger partial charge in [-0.1, -0.05) is 41.5 Å². The number of hydrogen-bond acceptors (Lipinski definition) is 2. The van der Waals surface area contributed by atoms with Gasteiger partial charge in [-0.3, -0.25) is 9.78 Å². The Kier molecular flexibility index (Phi) is 3.47. The molecule has 0 radical (unpaired) electrons. The molecule has 94 valence electrons. The van der Waals surface area contributed by atoms with Crippen LogP contribution in [0.15, 0.2) is 6.07 Å². The molecule has 0 aliphatic carbocycles. The summed E-state index contributed by atoms with van der Waals surface area (Å²) in [6, 6.07) is 1.96. The highest BCUT2D eigenvalue weighted by atomic mass is 16.1. The molecule has 0 atom stereocenters. The first-order valence-electron chi connectivity index (χ1n) is 6.05. The van der Waals surface area contributed by atoms with E-state index in [1.54, 1.807) is 0 Å². The standard InChI is InChI=1S/C15H23NO/c1-10-8-11(9-17)13(15(5,6)7)16-12(10)14(2,3)4/h8-9H,1-7H3. The molecule has 0 fully saturated rings. The van der Waals surface area contributed by atoms with Crippen LogP contribution in [0.4, 0.5) is 0 Å². The Hall–Kier alpha value is -1.18. The fraction of sp³-hybridized carbons (Fsp3) is 0.600. The minimum Gasteiger partial charge on any atom is -0.298 e. The molecule has 1 rings (SSSR count). The second-order valence-corrected chi connectivity index (χ2v) is 6.71. The molecular formula is C15H23NO. The van der Waals surface area contributed by atoms with Gasteiger partial charge in [-0.05, 0) is 18.6 Å². The van der Waals surface area contributed by atoms with E-state index in [1.165, 1.54) is 0 Å². The average molecular weight is 233 g/mol. The van der Waals surface area contributed by atoms with Crippen LogP contribution in [0.3, 0.4) is 0 Å². The first kappa shape index (κ1) is 13.9. The van der Waals surface area contributed by atoms with Crippen molar-refractivity contribution in [1.82, 2.24) is 4.98 Å². The predicted octanol–water partition coefficient (Wildman–Crippen LogP) is 3.80. The Morgan fingerprint density at radius 2 is 1.47 bits per heavy atom. The molecule has 1 heterocycles. The smallest absolute Gasteiger partial charge is 0.151 e. The van der Waals surface area contributed by atoms with Gasteiger partial charge in [0.15, 0.2) is 6.29 Å². The molecule has 2 nitrogen and oxygen atoms in total. The van der Waals surface area contributed by atoms with Gasteiger partial charge in [-0.25, -0.2) is 0 Å². The van der Waals surface area contributed by atoms with Crippen LogP contribution in [0.2, 0.25) is 0 Å². The van der Waals surface area contributed by atoms with Crippen molar-refractivity contribution < 1.29 is 4.79 Å². The van der Waals surface area contributed by atoms with Gasteiger partial charge in [0.05, 0.1) is 5.69 Å². The van der Waals surface area contributed by atoms with Crippen LogP contribution in [0.25, 0.3) is 0 Å². The van der Waals surface area contributed by atoms with Gasteiger partial charge < -0.3 is 0 Å². The van der Waals surface area contributed by atoms with E-state index in [9.17, 15) is 4.79 Å². The van der Waals surface area contributed by atoms with Crippen molar-refractivity contribution in [3.63, 3.8) is 0 Å². The summed E-state index contributed by atoms with van der Waals surface area (Å²) in [5.74, 6) is 0. The molecule has 0 aromatic carbocycles. The third kappa shape index (κ3) is 2.93. The average Bonchev–Trinajstić information content (AvgIpc) is 2.13. The largest absolute Gasteiger partial charge is 0.298 e. The Labute approximate surface area is 104 Å². The fourth-order valence-corrected chi connectivity index (χ4v) is 2.08. The number of rotatable bonds is 1. The van der Waals surface area contributed by atoms with E-state index in [2.05, 4.69) is 41.5 Å². The third-order valence-corrected chi connectivity index (χ3v) is 2.79. The molecule has 0 unspecified atom stereocenters. The lowest BCUT2D eigenvalue weighted by atomic mass is 9.84. The molecule has 0 aliphatic rings. The van der Waals surface area contributed by atoms with Crippen LogP contribution >= 0.6 is 0 Å². The summed E-state index contributed by atoms with van der Waals surface area (Å²) in [4.78, 5) is 15.9. The first-order valence-corrected chi connectivity index (χ1v) is 6.05. The maximum atomic E-state index is 11.1. The van der Waals surface area contributed by atoms with Crippen molar-refractivity contribution in [2.45, 2.75) is 59.3 Å². The molecule has 1 aromatic rings. The minimum absolute atomic E-state index is 0.00545. The highest BCUT2D eigenvalue weighted by Crippen LogP contribution is 2.30. The molecule has 0 N–H and O–H groups in total. The monoisotopic (exact) mass is 233 g/mol. The van der Waals surface area contributed by atoms with Crippen LogP contribution in [-0.2, 0) is 10.8 Å². The predicted molar refractivity (Wildman–Crippen MR) is 71.8 cm³/mol. The van der Waals surface area contributed by atoms with E-state index in [-0.39, 0.29) is 10.8 Å². The molecule has 2 heteroatoms. The van der Waals surface area contributed by atoms with Crippen LogP contribution in [0.1, 0.15) is 68.9 Å². The number of pyridine rings is 1. The van der Waals surface area contributed by atoms with Gasteiger partial charge in [0.1, 0.15) is 0 Å². The molecule has 0 saturated heterocycles. The van der Waals surface area contributed by atoms with E-state index in [0.717, 1.165) is 23.2 Å². The number of aromatic nitrogens is 1. The lowest BCUT2D eigenvalue weighted by molar-refractivity contribution is 0.112. The minimum atomic E-state index is -0.107. The summed E-state index contributed by atoms with van der Waals surface area (Å²) >= 11 is 0. The summed E-state index contributed by atoms with van der Waals surface area (Å²) in [7, 11) is 0. The molecule has 0 aliphatic heterocycles. The summed E-state index contributed by atoms with van der Waals surface area (Å²) in [5, 5.41) is 0. The highest BCUT2D eigenvalue weighted by molar-refractivity contribution is 5.77. The quantitative estimate of drug-likeness (QED) is 0.691. The highest BCUT2D eigenvalue weighted by Gasteiger charge is 2.25. The molecule has 0 amide bonds. The molecule has 0 spiro atoms. The topological polar surface area (TPSA) is 30.0 Å². The van der Waals surface area contributed by atoms with Crippen molar-refractivity contribution in [3.8, 4) is 0 Å². The maximum absolute atomic E-state index is 11.1. The van der Waals surface area contributed by atoms with E-state index < -0.39 is 0 Å². The van der Waals surface area contributed by atoms with Gasteiger partial charge in [0.2, 0.25) is 0 Å². The summed E-state index contributed by atoms with van der Waals surface area (Å²) in [5.41, 5.74) is 3.67. The Morgan fingerprint density at radius 3 is 1.82 bits per heavy atom. The van der Waals surface area contributed by atoms with Crippen LogP contribution in [0, 0.1) is 6.92 Å². The van der Waals surface area contributed by atoms with Gasteiger partial charge in [0.25, 0.3) is 0 Å². The summed E-state index contributed by atoms with van der Waals surface area (Å²) in [6.07, 6.45) is 0.910. The molecule has 0 bridgehead atoms. The number of nitrogens with zero attached hydrogens (tertiary/aromatic N) is 1. The third-order valence-electron chi connectivity index (χ3n) is 2.79. The molecule has 1 aromatic heterocycles. The van der Waals surface area contributed by atoms with E-state index in [1.807, 2.05) is 13.0 Å². The van der Waals surface area contributed by atoms with E-state index in [0.29, 0.717) is 5.56 Å². The zero-order valence-corrected chi connectivity index (χ0v) is 12.0. The van der Waals surface area contributed by atoms with E-state index in [4.69, 9.17) is 4.98 Å². The molecule has 0 saturated carbocycles. The Balaban J connectivity index is 3.55. The first-order chi connectivity index (χ1) is 7.57. The fourth-order valence-electron chi connectivity index (χ4n) is 2.08. The zero-order chi connectivity index (χ0) is 13.4. The van der Waals surface area contributed by atoms with Crippen molar-refractivity contribution >= 4 is 6.29 Å².